The number of hydrogen-bond acceptors (Lipinski definition) is 14. The topological polar surface area (TPSA) is 291 Å². The van der Waals surface area contributed by atoms with Gasteiger partial charge < -0.3 is 65.4 Å². The van der Waals surface area contributed by atoms with E-state index in [0.717, 1.165) is 9.80 Å². The molecule has 2 aliphatic rings. The second-order valence-electron chi connectivity index (χ2n) is 27.3. The largest absolute Gasteiger partial charge is 0.390 e. The molecule has 0 aromatic carbocycles. The Hall–Kier alpha value is -6.21. The molecular formula is C65H116N12O13. The van der Waals surface area contributed by atoms with Crippen molar-refractivity contribution in [1.29, 1.82) is 0 Å². The van der Waals surface area contributed by atoms with Crippen molar-refractivity contribution in [2.75, 3.05) is 88.7 Å². The van der Waals surface area contributed by atoms with E-state index in [9.17, 15) is 43.5 Å². The van der Waals surface area contributed by atoms with Crippen molar-refractivity contribution in [3.63, 3.8) is 0 Å². The second-order valence-corrected chi connectivity index (χ2v) is 27.3. The van der Waals surface area contributed by atoms with E-state index in [-0.39, 0.29) is 43.4 Å². The first-order valence-electron chi connectivity index (χ1n) is 32.4. The Morgan fingerprint density at radius 1 is 0.511 bits per heavy atom. The first-order valence-corrected chi connectivity index (χ1v) is 32.4. The number of nitrogens with zero attached hydrogens (tertiary/aromatic N) is 8. The van der Waals surface area contributed by atoms with Gasteiger partial charge in [0.25, 0.3) is 0 Å². The van der Waals surface area contributed by atoms with Crippen LogP contribution in [0, 0.1) is 41.4 Å². The fourth-order valence-corrected chi connectivity index (χ4v) is 11.9. The lowest BCUT2D eigenvalue weighted by Crippen LogP contribution is -2.63. The van der Waals surface area contributed by atoms with Crippen LogP contribution < -0.4 is 21.3 Å². The van der Waals surface area contributed by atoms with Crippen molar-refractivity contribution in [1.82, 2.24) is 60.5 Å². The van der Waals surface area contributed by atoms with Crippen LogP contribution in [0.2, 0.25) is 0 Å². The lowest BCUT2D eigenvalue weighted by atomic mass is 9.91. The van der Waals surface area contributed by atoms with Crippen molar-refractivity contribution in [2.24, 2.45) is 41.4 Å². The summed E-state index contributed by atoms with van der Waals surface area (Å²) in [7, 11) is 9.96. The van der Waals surface area contributed by atoms with Crippen molar-refractivity contribution in [3.05, 3.63) is 12.2 Å². The molecule has 5 N–H and O–H groups in total. The molecule has 2 heterocycles. The lowest BCUT2D eigenvalue weighted by Gasteiger charge is -2.41. The minimum atomic E-state index is -1.62. The predicted octanol–water partition coefficient (Wildman–Crippen LogP) is 2.19. The van der Waals surface area contributed by atoms with Crippen LogP contribution in [-0.2, 0) is 57.5 Å². The van der Waals surface area contributed by atoms with E-state index in [1.165, 1.54) is 87.7 Å². The number of likely N-dealkylation sites (N-methyl/N-ethyl adjacent to an activating group) is 7. The number of aliphatic hydroxyl groups excluding tert-OH is 1. The highest BCUT2D eigenvalue weighted by Gasteiger charge is 2.46. The van der Waals surface area contributed by atoms with Crippen molar-refractivity contribution in [2.45, 2.75) is 209 Å². The number of carbonyl (C=O) groups is 11. The van der Waals surface area contributed by atoms with Crippen LogP contribution in [-0.4, -0.2) is 265 Å². The van der Waals surface area contributed by atoms with Gasteiger partial charge in [-0.15, -0.1) is 0 Å². The van der Waals surface area contributed by atoms with Crippen LogP contribution in [0.1, 0.15) is 143 Å². The van der Waals surface area contributed by atoms with Gasteiger partial charge in [-0.25, -0.2) is 0 Å². The zero-order valence-electron chi connectivity index (χ0n) is 58.7. The molecule has 25 nitrogen and oxygen atoms in total. The number of hydrogen-bond donors (Lipinski definition) is 5. The molecule has 0 saturated carbocycles. The molecule has 11 amide bonds. The smallest absolute Gasteiger partial charge is 0.246 e. The van der Waals surface area contributed by atoms with Crippen LogP contribution in [0.15, 0.2) is 12.2 Å². The van der Waals surface area contributed by atoms with E-state index in [1.54, 1.807) is 54.5 Å². The van der Waals surface area contributed by atoms with Crippen LogP contribution >= 0.6 is 0 Å². The molecule has 90 heavy (non-hydrogen) atoms. The highest BCUT2D eigenvalue weighted by atomic mass is 16.5. The average Bonchev–Trinajstić information content (AvgIpc) is 0.869. The Balaban J connectivity index is 3.01. The first kappa shape index (κ1) is 79.9. The standard InChI is InChI=1S/C65H116N12O13/c1-24-26-27-42(13)55(79)54-59(83)68-46(25-2)61(85)70(17)36-50(78)74(21)53(43(14)35-77-28-30-90-31-29-77)58(82)69-51(40(9)10)64(88)71(18)47(32-37(3)4)57(81)66-44(15)56(80)67-45(16)60(84)72(19)48(33-38(5)6)62(86)73(20)49(34-39(7)8)63(87)75(22)52(41(11)12)65(89)76(54)23/h24,26,37-49,51-55,79H,25,27-36H2,1-23H3,(H,66,81)(H,67,80)(H,68,83)(H,69,82)/b26-24+/t42-,43+,44+,45-,46+,47+,48+,49+,51?,52?,53+,54+,55-/m1/s1. The van der Waals surface area contributed by atoms with Crippen molar-refractivity contribution >= 4 is 65.0 Å². The summed E-state index contributed by atoms with van der Waals surface area (Å²) in [5, 5.41) is 23.3. The van der Waals surface area contributed by atoms with Gasteiger partial charge in [0.1, 0.15) is 60.4 Å². The molecule has 0 aromatic heterocycles. The molecule has 0 aliphatic carbocycles. The van der Waals surface area contributed by atoms with E-state index >= 15 is 14.4 Å². The summed E-state index contributed by atoms with van der Waals surface area (Å²) in [5.74, 6) is -10.3. The maximum atomic E-state index is 15.2. The molecule has 514 valence electrons. The maximum Gasteiger partial charge on any atom is 0.246 e. The molecule has 0 radical (unpaired) electrons. The highest BCUT2D eigenvalue weighted by molar-refractivity contribution is 5.99. The van der Waals surface area contributed by atoms with Crippen LogP contribution in [0.5, 0.6) is 0 Å². The van der Waals surface area contributed by atoms with Gasteiger partial charge in [-0.3, -0.25) is 57.6 Å². The minimum absolute atomic E-state index is 0.0122. The third-order valence-corrected chi connectivity index (χ3v) is 17.5. The quantitative estimate of drug-likeness (QED) is 0.139. The van der Waals surface area contributed by atoms with Crippen LogP contribution in [0.25, 0.3) is 0 Å². The van der Waals surface area contributed by atoms with Crippen molar-refractivity contribution in [3.8, 4) is 0 Å². The lowest BCUT2D eigenvalue weighted by molar-refractivity contribution is -0.157. The van der Waals surface area contributed by atoms with E-state index in [0.29, 0.717) is 39.3 Å². The Labute approximate surface area is 537 Å². The third-order valence-electron chi connectivity index (χ3n) is 17.5. The molecule has 2 aliphatic heterocycles. The Morgan fingerprint density at radius 3 is 1.47 bits per heavy atom. The molecule has 13 atom stereocenters. The van der Waals surface area contributed by atoms with Gasteiger partial charge in [0.05, 0.1) is 25.9 Å². The number of carbonyl (C=O) groups excluding carboxylic acids is 11. The van der Waals surface area contributed by atoms with Crippen LogP contribution in [0.4, 0.5) is 0 Å². The number of morpholine rings is 1. The third kappa shape index (κ3) is 22.0. The molecular weight excluding hydrogens is 1160 g/mol. The number of ether oxygens (including phenoxy) is 1. The van der Waals surface area contributed by atoms with Crippen molar-refractivity contribution < 1.29 is 62.6 Å². The molecule has 2 rings (SSSR count). The Bertz CT molecular complexity index is 2470. The van der Waals surface area contributed by atoms with Gasteiger partial charge >= 0.3 is 0 Å². The zero-order valence-corrected chi connectivity index (χ0v) is 58.7. The summed E-state index contributed by atoms with van der Waals surface area (Å²) in [5.41, 5.74) is 0. The maximum absolute atomic E-state index is 15.2. The number of aliphatic hydroxyl groups is 1. The molecule has 0 aromatic rings. The SMILES string of the molecule is C/C=C/C[C@@H](C)[C@@H](O)[C@H]1C(=O)N[C@@H](CC)C(=O)N(C)CC(=O)N(C)[C@@H]([C@@H](C)CN2CCOCC2)C(=O)NC(C(C)C)C(=O)N(C)[C@@H](CC(C)C)C(=O)N[C@@H](C)C(=O)N[C@H](C)C(=O)N(C)[C@@H](CC(C)C)C(=O)N(C)[C@@H](CC(C)C)C(=O)N(C)C(C(C)C)C(=O)N1C. The summed E-state index contributed by atoms with van der Waals surface area (Å²) in [6, 6.07) is -12.5. The predicted molar refractivity (Wildman–Crippen MR) is 345 cm³/mol. The number of rotatable bonds is 16. The average molecular weight is 1270 g/mol. The fourth-order valence-electron chi connectivity index (χ4n) is 11.9. The zero-order chi connectivity index (χ0) is 69.1. The number of amides is 11. The number of nitrogens with one attached hydrogen (secondary N) is 4. The molecule has 2 fully saturated rings. The summed E-state index contributed by atoms with van der Waals surface area (Å²) in [6.07, 6.45) is 2.85. The summed E-state index contributed by atoms with van der Waals surface area (Å²) >= 11 is 0. The van der Waals surface area contributed by atoms with Gasteiger partial charge in [0.2, 0.25) is 65.0 Å². The van der Waals surface area contributed by atoms with Gasteiger partial charge in [-0.1, -0.05) is 102 Å². The Kier molecular flexibility index (Phi) is 32.6. The molecule has 0 bridgehead atoms. The van der Waals surface area contributed by atoms with Gasteiger partial charge in [0, 0.05) is 69.0 Å². The summed E-state index contributed by atoms with van der Waals surface area (Å²) in [6.45, 7) is 29.8. The van der Waals surface area contributed by atoms with E-state index < -0.39 is 162 Å². The van der Waals surface area contributed by atoms with E-state index in [4.69, 9.17) is 4.74 Å². The number of allylic oxidation sites excluding steroid dienone is 2. The molecule has 0 spiro atoms. The monoisotopic (exact) mass is 1270 g/mol. The second kappa shape index (κ2) is 36.7. The van der Waals surface area contributed by atoms with E-state index in [2.05, 4.69) is 26.2 Å². The van der Waals surface area contributed by atoms with E-state index in [1.807, 2.05) is 54.5 Å². The van der Waals surface area contributed by atoms with Gasteiger partial charge in [-0.2, -0.15) is 0 Å². The summed E-state index contributed by atoms with van der Waals surface area (Å²) < 4.78 is 5.58. The highest BCUT2D eigenvalue weighted by Crippen LogP contribution is 2.26. The molecule has 2 saturated heterocycles. The Morgan fingerprint density at radius 2 is 0.978 bits per heavy atom. The molecule has 25 heteroatoms. The van der Waals surface area contributed by atoms with Gasteiger partial charge in [-0.05, 0) is 94.3 Å². The van der Waals surface area contributed by atoms with Crippen LogP contribution in [0.3, 0.4) is 0 Å². The fraction of sp³-hybridized carbons (Fsp3) is 0.800. The molecule has 2 unspecified atom stereocenters. The summed E-state index contributed by atoms with van der Waals surface area (Å²) in [4.78, 5) is 173. The van der Waals surface area contributed by atoms with Gasteiger partial charge in [0.15, 0.2) is 0 Å². The normalized spacial score (nSPS) is 27.6. The first-order chi connectivity index (χ1) is 41.8. The minimum Gasteiger partial charge on any atom is -0.390 e.